The molecule has 1 atom stereocenters. The SMILES string of the molecule is N[C@@H](Cn1c(=O)c(N2CCN(Cc3cccc(-c4nnn[nH]4)c3)CC2)cn(Cc2c(F)cccc2C(F)(F)F)c1=O)c1ccccc1. The van der Waals surface area contributed by atoms with Gasteiger partial charge >= 0.3 is 11.9 Å². The first-order valence-corrected chi connectivity index (χ1v) is 14.9. The van der Waals surface area contributed by atoms with Crippen molar-refractivity contribution >= 4 is 5.69 Å². The van der Waals surface area contributed by atoms with E-state index in [1.807, 2.05) is 24.3 Å². The van der Waals surface area contributed by atoms with Gasteiger partial charge in [-0.1, -0.05) is 54.6 Å². The summed E-state index contributed by atoms with van der Waals surface area (Å²) in [7, 11) is 0. The Morgan fingerprint density at radius 1 is 0.915 bits per heavy atom. The first kappa shape index (κ1) is 31.8. The predicted molar refractivity (Wildman–Crippen MR) is 166 cm³/mol. The number of halogens is 4. The summed E-state index contributed by atoms with van der Waals surface area (Å²) in [6.07, 6.45) is -3.62. The molecule has 0 amide bonds. The fourth-order valence-corrected chi connectivity index (χ4v) is 5.79. The molecule has 0 radical (unpaired) electrons. The number of nitrogens with zero attached hydrogens (tertiary/aromatic N) is 7. The highest BCUT2D eigenvalue weighted by atomic mass is 19.4. The topological polar surface area (TPSA) is 131 Å². The van der Waals surface area contributed by atoms with Gasteiger partial charge in [0.25, 0.3) is 5.56 Å². The maximum atomic E-state index is 14.9. The molecule has 6 rings (SSSR count). The molecular weight excluding hydrogens is 618 g/mol. The number of tetrazole rings is 1. The molecule has 3 N–H and O–H groups in total. The second-order valence-electron chi connectivity index (χ2n) is 11.3. The first-order valence-electron chi connectivity index (χ1n) is 14.9. The number of hydrogen-bond donors (Lipinski definition) is 2. The largest absolute Gasteiger partial charge is 0.416 e. The average molecular weight is 650 g/mol. The molecule has 0 bridgehead atoms. The van der Waals surface area contributed by atoms with E-state index in [4.69, 9.17) is 5.73 Å². The Labute approximate surface area is 265 Å². The zero-order valence-corrected chi connectivity index (χ0v) is 25.1. The number of alkyl halides is 3. The third-order valence-corrected chi connectivity index (χ3v) is 8.24. The number of aromatic amines is 1. The Morgan fingerprint density at radius 3 is 2.36 bits per heavy atom. The third-order valence-electron chi connectivity index (χ3n) is 8.24. The van der Waals surface area contributed by atoms with Crippen LogP contribution in [0.4, 0.5) is 23.2 Å². The Balaban J connectivity index is 1.29. The van der Waals surface area contributed by atoms with Gasteiger partial charge < -0.3 is 10.6 Å². The van der Waals surface area contributed by atoms with E-state index in [2.05, 4.69) is 25.5 Å². The Morgan fingerprint density at radius 2 is 1.66 bits per heavy atom. The van der Waals surface area contributed by atoms with E-state index in [1.54, 1.807) is 35.2 Å². The molecule has 1 aliphatic rings. The first-order chi connectivity index (χ1) is 22.6. The predicted octanol–water partition coefficient (Wildman–Crippen LogP) is 3.42. The molecule has 15 heteroatoms. The van der Waals surface area contributed by atoms with Gasteiger partial charge in [-0.05, 0) is 39.8 Å². The van der Waals surface area contributed by atoms with Crippen LogP contribution in [0, 0.1) is 5.82 Å². The Kier molecular flexibility index (Phi) is 9.00. The van der Waals surface area contributed by atoms with Crippen molar-refractivity contribution in [2.75, 3.05) is 31.1 Å². The van der Waals surface area contributed by atoms with Crippen LogP contribution in [0.15, 0.2) is 88.6 Å². The minimum Gasteiger partial charge on any atom is -0.363 e. The molecule has 1 fully saturated rings. The number of H-pyrrole nitrogens is 1. The number of nitrogens with two attached hydrogens (primary N) is 1. The molecule has 11 nitrogen and oxygen atoms in total. The summed E-state index contributed by atoms with van der Waals surface area (Å²) in [6, 6.07) is 18.5. The van der Waals surface area contributed by atoms with Gasteiger partial charge in [-0.2, -0.15) is 13.2 Å². The van der Waals surface area contributed by atoms with Crippen molar-refractivity contribution in [1.29, 1.82) is 0 Å². The standard InChI is InChI=1S/C32H31F4N9O2/c33-26-11-5-10-25(32(34,35)36)24(26)18-44-20-28(30(46)45(31(44)47)19-27(37)22-7-2-1-3-8-22)43-14-12-42(13-15-43)17-21-6-4-9-23(16-21)29-38-40-41-39-29/h1-11,16,20,27H,12-15,17-19,37H2,(H,38,39,40,41)/t27-/m0/s1. The molecule has 0 saturated carbocycles. The quantitative estimate of drug-likeness (QED) is 0.233. The molecule has 3 aromatic carbocycles. The van der Waals surface area contributed by atoms with Gasteiger partial charge in [0.05, 0.1) is 18.7 Å². The monoisotopic (exact) mass is 649 g/mol. The van der Waals surface area contributed by atoms with Gasteiger partial charge in [0.15, 0.2) is 5.82 Å². The minimum absolute atomic E-state index is 0.120. The van der Waals surface area contributed by atoms with E-state index < -0.39 is 47.0 Å². The molecule has 3 heterocycles. The van der Waals surface area contributed by atoms with Crippen LogP contribution < -0.4 is 21.9 Å². The second-order valence-corrected chi connectivity index (χ2v) is 11.3. The van der Waals surface area contributed by atoms with Gasteiger partial charge in [0.2, 0.25) is 0 Å². The lowest BCUT2D eigenvalue weighted by atomic mass is 10.1. The average Bonchev–Trinajstić information content (AvgIpc) is 3.61. The Hall–Kier alpha value is -5.15. The lowest BCUT2D eigenvalue weighted by molar-refractivity contribution is -0.138. The minimum atomic E-state index is -4.85. The van der Waals surface area contributed by atoms with Crippen LogP contribution in [-0.2, 0) is 25.8 Å². The maximum absolute atomic E-state index is 14.9. The van der Waals surface area contributed by atoms with Crippen molar-refractivity contribution in [2.45, 2.75) is 31.9 Å². The second kappa shape index (κ2) is 13.3. The van der Waals surface area contributed by atoms with Crippen LogP contribution in [0.25, 0.3) is 11.4 Å². The molecule has 244 valence electrons. The fraction of sp³-hybridized carbons (Fsp3) is 0.281. The van der Waals surface area contributed by atoms with Crippen LogP contribution in [0.3, 0.4) is 0 Å². The summed E-state index contributed by atoms with van der Waals surface area (Å²) in [5.74, 6) is -0.558. The van der Waals surface area contributed by atoms with E-state index in [9.17, 15) is 27.2 Å². The molecular formula is C32H31F4N9O2. The van der Waals surface area contributed by atoms with Crippen LogP contribution in [0.5, 0.6) is 0 Å². The number of rotatable bonds is 9. The van der Waals surface area contributed by atoms with E-state index >= 15 is 0 Å². The van der Waals surface area contributed by atoms with Crippen molar-refractivity contribution in [3.05, 3.63) is 128 Å². The normalized spacial score (nSPS) is 14.8. The molecule has 0 unspecified atom stereocenters. The smallest absolute Gasteiger partial charge is 0.363 e. The lowest BCUT2D eigenvalue weighted by Gasteiger charge is -2.36. The van der Waals surface area contributed by atoms with Gasteiger partial charge in [0, 0.05) is 56.1 Å². The summed E-state index contributed by atoms with van der Waals surface area (Å²) in [6.45, 7) is 1.58. The number of aromatic nitrogens is 6. The van der Waals surface area contributed by atoms with E-state index in [1.165, 1.54) is 6.20 Å². The van der Waals surface area contributed by atoms with Crippen molar-refractivity contribution in [3.8, 4) is 11.4 Å². The highest BCUT2D eigenvalue weighted by molar-refractivity contribution is 5.55. The van der Waals surface area contributed by atoms with Crippen LogP contribution in [-0.4, -0.2) is 60.8 Å². The number of anilines is 1. The van der Waals surface area contributed by atoms with E-state index in [-0.39, 0.29) is 12.2 Å². The van der Waals surface area contributed by atoms with E-state index in [0.717, 1.165) is 38.5 Å². The lowest BCUT2D eigenvalue weighted by Crippen LogP contribution is -2.50. The van der Waals surface area contributed by atoms with Crippen LogP contribution in [0.2, 0.25) is 0 Å². The van der Waals surface area contributed by atoms with Crippen LogP contribution >= 0.6 is 0 Å². The third kappa shape index (κ3) is 7.00. The summed E-state index contributed by atoms with van der Waals surface area (Å²) >= 11 is 0. The summed E-state index contributed by atoms with van der Waals surface area (Å²) in [5, 5.41) is 13.9. The summed E-state index contributed by atoms with van der Waals surface area (Å²) < 4.78 is 58.3. The molecule has 0 aliphatic carbocycles. The molecule has 47 heavy (non-hydrogen) atoms. The molecule has 1 saturated heterocycles. The number of benzene rings is 3. The zero-order valence-electron chi connectivity index (χ0n) is 25.1. The molecule has 1 aliphatic heterocycles. The van der Waals surface area contributed by atoms with Crippen LogP contribution in [0.1, 0.15) is 28.3 Å². The molecule has 5 aromatic rings. The van der Waals surface area contributed by atoms with Gasteiger partial charge in [-0.3, -0.25) is 18.8 Å². The van der Waals surface area contributed by atoms with Gasteiger partial charge in [-0.15, -0.1) is 5.10 Å². The number of nitrogens with one attached hydrogen (secondary N) is 1. The molecule has 0 spiro atoms. The highest BCUT2D eigenvalue weighted by Crippen LogP contribution is 2.33. The van der Waals surface area contributed by atoms with E-state index in [0.29, 0.717) is 44.1 Å². The van der Waals surface area contributed by atoms with Crippen molar-refractivity contribution in [2.24, 2.45) is 5.73 Å². The summed E-state index contributed by atoms with van der Waals surface area (Å²) in [5.41, 5.74) is 5.65. The summed E-state index contributed by atoms with van der Waals surface area (Å²) in [4.78, 5) is 31.5. The molecule has 2 aromatic heterocycles. The highest BCUT2D eigenvalue weighted by Gasteiger charge is 2.35. The van der Waals surface area contributed by atoms with Crippen molar-refractivity contribution in [1.82, 2.24) is 34.7 Å². The Bertz CT molecular complexity index is 1950. The van der Waals surface area contributed by atoms with Gasteiger partial charge in [0.1, 0.15) is 11.5 Å². The van der Waals surface area contributed by atoms with Crippen molar-refractivity contribution in [3.63, 3.8) is 0 Å². The fourth-order valence-electron chi connectivity index (χ4n) is 5.79. The van der Waals surface area contributed by atoms with Crippen molar-refractivity contribution < 1.29 is 17.6 Å². The number of hydrogen-bond acceptors (Lipinski definition) is 8. The van der Waals surface area contributed by atoms with Gasteiger partial charge in [-0.25, -0.2) is 14.3 Å². The maximum Gasteiger partial charge on any atom is 0.416 e. The zero-order chi connectivity index (χ0) is 33.1. The number of piperazine rings is 1.